The van der Waals surface area contributed by atoms with Gasteiger partial charge in [0.1, 0.15) is 19.2 Å². The molecule has 0 aliphatic rings. The second-order valence-corrected chi connectivity index (χ2v) is 8.31. The number of aromatic nitrogens is 3. The van der Waals surface area contributed by atoms with Gasteiger partial charge in [0.05, 0.1) is 10.6 Å². The molecule has 0 saturated heterocycles. The predicted octanol–water partition coefficient (Wildman–Crippen LogP) is 2.60. The molecule has 0 aliphatic heterocycles. The zero-order valence-corrected chi connectivity index (χ0v) is 17.0. The Labute approximate surface area is 176 Å². The van der Waals surface area contributed by atoms with Crippen LogP contribution in [0, 0.1) is 0 Å². The number of rotatable bonds is 7. The lowest BCUT2D eigenvalue weighted by Gasteiger charge is -2.15. The third-order valence-electron chi connectivity index (χ3n) is 4.28. The van der Waals surface area contributed by atoms with E-state index in [1.54, 1.807) is 41.2 Å². The van der Waals surface area contributed by atoms with E-state index < -0.39 is 34.7 Å². The van der Waals surface area contributed by atoms with Crippen molar-refractivity contribution in [1.29, 1.82) is 0 Å². The summed E-state index contributed by atoms with van der Waals surface area (Å²) in [5.74, 6) is -0.949. The lowest BCUT2D eigenvalue weighted by molar-refractivity contribution is -0.123. The van der Waals surface area contributed by atoms with Gasteiger partial charge < -0.3 is 5.32 Å². The molecule has 2 N–H and O–H groups in total. The first kappa shape index (κ1) is 22.4. The van der Waals surface area contributed by atoms with Crippen molar-refractivity contribution in [2.24, 2.45) is 0 Å². The standard InChI is InChI=1S/C19H18F3N5O3S/c1-13(14-2-6-16(7-3-14)27-12-23-11-25-27)26-31(29,30)17-8-4-15(5-9-17)18(28)24-10-19(20,21)22/h2-9,11-13,26H,10H2,1H3,(H,24,28). The fourth-order valence-electron chi connectivity index (χ4n) is 2.69. The fourth-order valence-corrected chi connectivity index (χ4v) is 3.93. The van der Waals surface area contributed by atoms with E-state index in [1.807, 2.05) is 0 Å². The minimum absolute atomic E-state index is 0.0834. The summed E-state index contributed by atoms with van der Waals surface area (Å²) in [6, 6.07) is 11.1. The molecule has 1 atom stereocenters. The Morgan fingerprint density at radius 3 is 2.29 bits per heavy atom. The topological polar surface area (TPSA) is 106 Å². The van der Waals surface area contributed by atoms with Crippen LogP contribution in [0.4, 0.5) is 13.2 Å². The van der Waals surface area contributed by atoms with Crippen molar-refractivity contribution in [2.45, 2.75) is 24.0 Å². The van der Waals surface area contributed by atoms with E-state index in [1.165, 1.54) is 12.7 Å². The number of nitrogens with zero attached hydrogens (tertiary/aromatic N) is 3. The molecular weight excluding hydrogens is 435 g/mol. The second kappa shape index (κ2) is 8.86. The Hall–Kier alpha value is -3.25. The third-order valence-corrected chi connectivity index (χ3v) is 5.84. The molecule has 1 heterocycles. The van der Waals surface area contributed by atoms with Crippen LogP contribution in [-0.2, 0) is 10.0 Å². The molecule has 0 bridgehead atoms. The number of carbonyl (C=O) groups is 1. The molecule has 0 saturated carbocycles. The molecule has 1 unspecified atom stereocenters. The monoisotopic (exact) mass is 453 g/mol. The number of carbonyl (C=O) groups excluding carboxylic acids is 1. The van der Waals surface area contributed by atoms with Crippen molar-refractivity contribution in [2.75, 3.05) is 6.54 Å². The van der Waals surface area contributed by atoms with Crippen LogP contribution in [0.2, 0.25) is 0 Å². The molecule has 164 valence electrons. The van der Waals surface area contributed by atoms with E-state index in [0.717, 1.165) is 30.0 Å². The largest absolute Gasteiger partial charge is 0.405 e. The Morgan fingerprint density at radius 1 is 1.10 bits per heavy atom. The van der Waals surface area contributed by atoms with Crippen molar-refractivity contribution in [3.8, 4) is 5.69 Å². The Balaban J connectivity index is 1.66. The van der Waals surface area contributed by atoms with Gasteiger partial charge in [-0.25, -0.2) is 22.8 Å². The van der Waals surface area contributed by atoms with Gasteiger partial charge in [-0.2, -0.15) is 18.3 Å². The van der Waals surface area contributed by atoms with Crippen molar-refractivity contribution in [3.63, 3.8) is 0 Å². The molecule has 1 aromatic heterocycles. The van der Waals surface area contributed by atoms with Gasteiger partial charge in [-0.05, 0) is 48.9 Å². The van der Waals surface area contributed by atoms with Crippen LogP contribution >= 0.6 is 0 Å². The van der Waals surface area contributed by atoms with Gasteiger partial charge in [0.15, 0.2) is 0 Å². The number of amides is 1. The van der Waals surface area contributed by atoms with E-state index in [9.17, 15) is 26.4 Å². The quantitative estimate of drug-likeness (QED) is 0.572. The van der Waals surface area contributed by atoms with E-state index in [-0.39, 0.29) is 10.5 Å². The zero-order chi connectivity index (χ0) is 22.6. The summed E-state index contributed by atoms with van der Waals surface area (Å²) in [4.78, 5) is 15.5. The first-order valence-electron chi connectivity index (χ1n) is 8.97. The number of hydrogen-bond donors (Lipinski definition) is 2. The van der Waals surface area contributed by atoms with Crippen LogP contribution in [0.3, 0.4) is 0 Å². The van der Waals surface area contributed by atoms with Crippen molar-refractivity contribution in [1.82, 2.24) is 24.8 Å². The minimum Gasteiger partial charge on any atom is -0.343 e. The Kier molecular flexibility index (Phi) is 6.41. The number of benzene rings is 2. The van der Waals surface area contributed by atoms with Crippen molar-refractivity contribution < 1.29 is 26.4 Å². The molecule has 31 heavy (non-hydrogen) atoms. The molecule has 1 amide bonds. The van der Waals surface area contributed by atoms with Crippen LogP contribution in [0.25, 0.3) is 5.69 Å². The first-order chi connectivity index (χ1) is 14.5. The number of halogens is 3. The van der Waals surface area contributed by atoms with Crippen LogP contribution in [-0.4, -0.2) is 41.8 Å². The van der Waals surface area contributed by atoms with Crippen LogP contribution in [0.15, 0.2) is 66.1 Å². The maximum absolute atomic E-state index is 12.6. The molecule has 0 spiro atoms. The zero-order valence-electron chi connectivity index (χ0n) is 16.2. The minimum atomic E-state index is -4.54. The molecule has 2 aromatic carbocycles. The van der Waals surface area contributed by atoms with Gasteiger partial charge in [0, 0.05) is 11.6 Å². The molecule has 3 aromatic rings. The molecule has 0 radical (unpaired) electrons. The maximum Gasteiger partial charge on any atom is 0.405 e. The summed E-state index contributed by atoms with van der Waals surface area (Å²) in [6.07, 6.45) is -1.60. The summed E-state index contributed by atoms with van der Waals surface area (Å²) in [6.45, 7) is 0.196. The summed E-state index contributed by atoms with van der Waals surface area (Å²) in [5.41, 5.74) is 1.38. The average Bonchev–Trinajstić information content (AvgIpc) is 3.26. The highest BCUT2D eigenvalue weighted by Gasteiger charge is 2.28. The fraction of sp³-hybridized carbons (Fsp3) is 0.211. The van der Waals surface area contributed by atoms with Crippen LogP contribution in [0.1, 0.15) is 28.9 Å². The smallest absolute Gasteiger partial charge is 0.343 e. The number of alkyl halides is 3. The van der Waals surface area contributed by atoms with E-state index in [0.29, 0.717) is 5.56 Å². The van der Waals surface area contributed by atoms with E-state index >= 15 is 0 Å². The van der Waals surface area contributed by atoms with Crippen LogP contribution in [0.5, 0.6) is 0 Å². The normalized spacial score (nSPS) is 13.0. The molecule has 0 aliphatic carbocycles. The summed E-state index contributed by atoms with van der Waals surface area (Å²) in [7, 11) is -3.93. The lowest BCUT2D eigenvalue weighted by atomic mass is 10.1. The SMILES string of the molecule is CC(NS(=O)(=O)c1ccc(C(=O)NCC(F)(F)F)cc1)c1ccc(-n2cncn2)cc1. The van der Waals surface area contributed by atoms with Gasteiger partial charge in [0.25, 0.3) is 5.91 Å². The first-order valence-corrected chi connectivity index (χ1v) is 10.5. The van der Waals surface area contributed by atoms with Gasteiger partial charge >= 0.3 is 6.18 Å². The Morgan fingerprint density at radius 2 is 1.74 bits per heavy atom. The predicted molar refractivity (Wildman–Crippen MR) is 105 cm³/mol. The highest BCUT2D eigenvalue weighted by molar-refractivity contribution is 7.89. The summed E-state index contributed by atoms with van der Waals surface area (Å²) < 4.78 is 65.9. The molecule has 0 fully saturated rings. The lowest BCUT2D eigenvalue weighted by Crippen LogP contribution is -2.33. The Bertz CT molecular complexity index is 1130. The summed E-state index contributed by atoms with van der Waals surface area (Å²) in [5, 5.41) is 5.74. The van der Waals surface area contributed by atoms with Gasteiger partial charge in [-0.1, -0.05) is 12.1 Å². The number of sulfonamides is 1. The molecular formula is C19H18F3N5O3S. The molecule has 12 heteroatoms. The average molecular weight is 453 g/mol. The third kappa shape index (κ3) is 5.89. The molecule has 3 rings (SSSR count). The van der Waals surface area contributed by atoms with Crippen molar-refractivity contribution in [3.05, 3.63) is 72.3 Å². The summed E-state index contributed by atoms with van der Waals surface area (Å²) >= 11 is 0. The van der Waals surface area contributed by atoms with Gasteiger partial charge in [0.2, 0.25) is 10.0 Å². The highest BCUT2D eigenvalue weighted by Crippen LogP contribution is 2.19. The number of hydrogen-bond acceptors (Lipinski definition) is 5. The van der Waals surface area contributed by atoms with E-state index in [2.05, 4.69) is 14.8 Å². The van der Waals surface area contributed by atoms with Gasteiger partial charge in [-0.3, -0.25) is 4.79 Å². The number of nitrogens with one attached hydrogen (secondary N) is 2. The van der Waals surface area contributed by atoms with Crippen LogP contribution < -0.4 is 10.0 Å². The molecule has 8 nitrogen and oxygen atoms in total. The second-order valence-electron chi connectivity index (χ2n) is 6.60. The van der Waals surface area contributed by atoms with Crippen molar-refractivity contribution >= 4 is 15.9 Å². The highest BCUT2D eigenvalue weighted by atomic mass is 32.2. The maximum atomic E-state index is 12.6. The van der Waals surface area contributed by atoms with Gasteiger partial charge in [-0.15, -0.1) is 0 Å². The van der Waals surface area contributed by atoms with E-state index in [4.69, 9.17) is 0 Å².